The first-order valence-electron chi connectivity index (χ1n) is 16.2. The second kappa shape index (κ2) is 13.3. The maximum Gasteiger partial charge on any atom is 0.434 e. The molecule has 2 N–H and O–H groups in total. The molecule has 49 heavy (non-hydrogen) atoms. The highest BCUT2D eigenvalue weighted by Gasteiger charge is 2.39. The molecule has 0 radical (unpaired) electrons. The summed E-state index contributed by atoms with van der Waals surface area (Å²) in [6.07, 6.45) is -1.60. The Labute approximate surface area is 282 Å². The van der Waals surface area contributed by atoms with Gasteiger partial charge in [-0.15, -0.1) is 0 Å². The number of hydrogen-bond acceptors (Lipinski definition) is 5. The number of hydrogen-bond donors (Lipinski definition) is 2. The lowest BCUT2D eigenvalue weighted by molar-refractivity contribution is -0.141. The Hall–Kier alpha value is -5.26. The number of fused-ring (bicyclic) bond motifs is 1. The van der Waals surface area contributed by atoms with Crippen LogP contribution in [0.4, 0.5) is 29.5 Å². The molecule has 0 aliphatic carbocycles. The van der Waals surface area contributed by atoms with Crippen LogP contribution in [0.5, 0.6) is 0 Å². The number of urea groups is 1. The molecule has 0 atom stereocenters. The Morgan fingerprint density at radius 1 is 0.918 bits per heavy atom. The maximum atomic E-state index is 13.9. The van der Waals surface area contributed by atoms with E-state index in [0.717, 1.165) is 22.5 Å². The number of amides is 3. The molecule has 0 saturated carbocycles. The highest BCUT2D eigenvalue weighted by Crippen LogP contribution is 2.34. The van der Waals surface area contributed by atoms with E-state index >= 15 is 0 Å². The molecule has 2 aromatic carbocycles. The van der Waals surface area contributed by atoms with E-state index in [1.54, 1.807) is 16.8 Å². The van der Waals surface area contributed by atoms with Crippen LogP contribution in [0.15, 0.2) is 79.0 Å². The van der Waals surface area contributed by atoms with Crippen LogP contribution in [-0.2, 0) is 18.0 Å². The molecule has 1 saturated heterocycles. The van der Waals surface area contributed by atoms with Gasteiger partial charge in [-0.25, -0.2) is 19.4 Å². The standard InChI is InChI=1S/C37H38F3N7O2/c1-23-11-13-27(14-12-23)47-31(22-30(45-47)36(2,3)4)43-35(49)42-29-10-6-5-8-25(29)20-24-15-18-46(19-16-24)34(48)28-21-26-9-7-17-41-33(26)44-32(28)37(38,39)40/h5-14,17,21-22,24H,15-16,18-20H2,1-4H3,(H2,42,43,49). The zero-order valence-electron chi connectivity index (χ0n) is 27.8. The van der Waals surface area contributed by atoms with Crippen molar-refractivity contribution in [2.75, 3.05) is 23.7 Å². The van der Waals surface area contributed by atoms with Crippen molar-refractivity contribution in [2.24, 2.45) is 5.92 Å². The number of rotatable bonds is 6. The first kappa shape index (κ1) is 33.6. The summed E-state index contributed by atoms with van der Waals surface area (Å²) in [5.74, 6) is 0.00278. The molecular weight excluding hydrogens is 631 g/mol. The number of carbonyl (C=O) groups is 2. The van der Waals surface area contributed by atoms with Gasteiger partial charge in [0.15, 0.2) is 11.3 Å². The fourth-order valence-electron chi connectivity index (χ4n) is 6.02. The topological polar surface area (TPSA) is 105 Å². The van der Waals surface area contributed by atoms with Crippen molar-refractivity contribution in [1.29, 1.82) is 0 Å². The molecular formula is C37H38F3N7O2. The molecule has 0 spiro atoms. The number of nitrogens with zero attached hydrogens (tertiary/aromatic N) is 5. The molecule has 0 unspecified atom stereocenters. The number of benzene rings is 2. The van der Waals surface area contributed by atoms with Gasteiger partial charge in [0.05, 0.1) is 16.9 Å². The number of carbonyl (C=O) groups excluding carboxylic acids is 2. The average molecular weight is 670 g/mol. The number of alkyl halides is 3. The van der Waals surface area contributed by atoms with Gasteiger partial charge in [-0.05, 0) is 74.1 Å². The molecule has 3 aromatic heterocycles. The fourth-order valence-corrected chi connectivity index (χ4v) is 6.02. The van der Waals surface area contributed by atoms with Gasteiger partial charge in [0.1, 0.15) is 5.82 Å². The third-order valence-corrected chi connectivity index (χ3v) is 8.76. The normalized spacial score (nSPS) is 14.2. The summed E-state index contributed by atoms with van der Waals surface area (Å²) >= 11 is 0. The van der Waals surface area contributed by atoms with Crippen molar-refractivity contribution >= 4 is 34.5 Å². The molecule has 1 aliphatic heterocycles. The fraction of sp³-hybridized carbons (Fsp3) is 0.324. The highest BCUT2D eigenvalue weighted by molar-refractivity contribution is 6.00. The summed E-state index contributed by atoms with van der Waals surface area (Å²) in [4.78, 5) is 35.8. The van der Waals surface area contributed by atoms with Crippen LogP contribution in [0.25, 0.3) is 16.7 Å². The second-order valence-electron chi connectivity index (χ2n) is 13.5. The first-order chi connectivity index (χ1) is 23.3. The van der Waals surface area contributed by atoms with Crippen LogP contribution in [0.2, 0.25) is 0 Å². The molecule has 254 valence electrons. The predicted octanol–water partition coefficient (Wildman–Crippen LogP) is 8.18. The van der Waals surface area contributed by atoms with Gasteiger partial charge in [-0.3, -0.25) is 10.1 Å². The Balaban J connectivity index is 1.13. The number of nitrogens with one attached hydrogen (secondary N) is 2. The molecule has 5 aromatic rings. The van der Waals surface area contributed by atoms with Crippen molar-refractivity contribution in [3.05, 3.63) is 107 Å². The van der Waals surface area contributed by atoms with E-state index in [-0.39, 0.29) is 17.0 Å². The monoisotopic (exact) mass is 669 g/mol. The Bertz CT molecular complexity index is 1990. The van der Waals surface area contributed by atoms with Crippen molar-refractivity contribution in [1.82, 2.24) is 24.6 Å². The smallest absolute Gasteiger partial charge is 0.339 e. The number of piperidine rings is 1. The highest BCUT2D eigenvalue weighted by atomic mass is 19.4. The third kappa shape index (κ3) is 7.58. The number of anilines is 2. The Kier molecular flexibility index (Phi) is 9.15. The van der Waals surface area contributed by atoms with Gasteiger partial charge in [0.25, 0.3) is 5.91 Å². The SMILES string of the molecule is Cc1ccc(-n2nc(C(C)(C)C)cc2NC(=O)Nc2ccccc2CC2CCN(C(=O)c3cc4cccnc4nc3C(F)(F)F)CC2)cc1. The van der Waals surface area contributed by atoms with E-state index in [1.165, 1.54) is 17.2 Å². The Morgan fingerprint density at radius 2 is 1.63 bits per heavy atom. The molecule has 6 rings (SSSR count). The summed E-state index contributed by atoms with van der Waals surface area (Å²) in [5.41, 5.74) is 2.37. The van der Waals surface area contributed by atoms with E-state index in [2.05, 4.69) is 41.4 Å². The van der Waals surface area contributed by atoms with Crippen LogP contribution >= 0.6 is 0 Å². The van der Waals surface area contributed by atoms with Gasteiger partial charge in [0.2, 0.25) is 0 Å². The van der Waals surface area contributed by atoms with Crippen LogP contribution in [-0.4, -0.2) is 49.7 Å². The number of aromatic nitrogens is 4. The molecule has 1 fully saturated rings. The van der Waals surface area contributed by atoms with Crippen molar-refractivity contribution < 1.29 is 22.8 Å². The first-order valence-corrected chi connectivity index (χ1v) is 16.2. The largest absolute Gasteiger partial charge is 0.434 e. The third-order valence-electron chi connectivity index (χ3n) is 8.76. The van der Waals surface area contributed by atoms with E-state index in [0.29, 0.717) is 49.2 Å². The number of aryl methyl sites for hydroxylation is 1. The minimum atomic E-state index is -4.80. The number of halogens is 3. The minimum absolute atomic E-state index is 0.0578. The van der Waals surface area contributed by atoms with Gasteiger partial charge in [-0.1, -0.05) is 56.7 Å². The van der Waals surface area contributed by atoms with Crippen molar-refractivity contribution in [3.63, 3.8) is 0 Å². The van der Waals surface area contributed by atoms with Gasteiger partial charge >= 0.3 is 12.2 Å². The van der Waals surface area contributed by atoms with Crippen LogP contribution < -0.4 is 10.6 Å². The van der Waals surface area contributed by atoms with Gasteiger partial charge < -0.3 is 10.2 Å². The van der Waals surface area contributed by atoms with Crippen LogP contribution in [0.1, 0.15) is 66.5 Å². The van der Waals surface area contributed by atoms with Crippen LogP contribution in [0.3, 0.4) is 0 Å². The summed E-state index contributed by atoms with van der Waals surface area (Å²) in [6, 6.07) is 21.3. The number of para-hydroxylation sites is 1. The predicted molar refractivity (Wildman–Crippen MR) is 183 cm³/mol. The molecule has 4 heterocycles. The molecule has 9 nitrogen and oxygen atoms in total. The van der Waals surface area contributed by atoms with Crippen LogP contribution in [0, 0.1) is 12.8 Å². The second-order valence-corrected chi connectivity index (χ2v) is 13.5. The van der Waals surface area contributed by atoms with E-state index < -0.39 is 29.4 Å². The van der Waals surface area contributed by atoms with Crippen molar-refractivity contribution in [2.45, 2.75) is 58.5 Å². The molecule has 0 bridgehead atoms. The van der Waals surface area contributed by atoms with E-state index in [9.17, 15) is 22.8 Å². The Morgan fingerprint density at radius 3 is 2.33 bits per heavy atom. The average Bonchev–Trinajstić information content (AvgIpc) is 3.49. The lowest BCUT2D eigenvalue weighted by Gasteiger charge is -2.33. The summed E-state index contributed by atoms with van der Waals surface area (Å²) in [6.45, 7) is 8.81. The van der Waals surface area contributed by atoms with Crippen molar-refractivity contribution in [3.8, 4) is 5.69 Å². The van der Waals surface area contributed by atoms with Gasteiger partial charge in [0, 0.05) is 41.8 Å². The maximum absolute atomic E-state index is 13.9. The van der Waals surface area contributed by atoms with E-state index in [1.807, 2.05) is 61.5 Å². The summed E-state index contributed by atoms with van der Waals surface area (Å²) in [5, 5.41) is 11.1. The summed E-state index contributed by atoms with van der Waals surface area (Å²) in [7, 11) is 0. The molecule has 3 amide bonds. The lowest BCUT2D eigenvalue weighted by atomic mass is 9.89. The van der Waals surface area contributed by atoms with E-state index in [4.69, 9.17) is 5.10 Å². The number of pyridine rings is 2. The minimum Gasteiger partial charge on any atom is -0.339 e. The zero-order valence-corrected chi connectivity index (χ0v) is 27.8. The zero-order chi connectivity index (χ0) is 34.9. The summed E-state index contributed by atoms with van der Waals surface area (Å²) < 4.78 is 43.5. The number of likely N-dealkylation sites (tertiary alicyclic amines) is 1. The lowest BCUT2D eigenvalue weighted by Crippen LogP contribution is -2.40. The molecule has 1 aliphatic rings. The van der Waals surface area contributed by atoms with Gasteiger partial charge in [-0.2, -0.15) is 18.3 Å². The quantitative estimate of drug-likeness (QED) is 0.190. The molecule has 12 heteroatoms.